The van der Waals surface area contributed by atoms with Crippen LogP contribution in [0.4, 0.5) is 0 Å². The summed E-state index contributed by atoms with van der Waals surface area (Å²) < 4.78 is 6.17. The molecular formula is C17H28N2O. The number of ether oxygens (including phenoxy) is 1. The molecule has 0 aliphatic heterocycles. The monoisotopic (exact) mass is 276 g/mol. The van der Waals surface area contributed by atoms with Crippen molar-refractivity contribution in [3.05, 3.63) is 23.9 Å². The highest BCUT2D eigenvalue weighted by Crippen LogP contribution is 2.29. The molecule has 2 atom stereocenters. The van der Waals surface area contributed by atoms with E-state index in [1.54, 1.807) is 0 Å². The lowest BCUT2D eigenvalue weighted by molar-refractivity contribution is 0.0856. The van der Waals surface area contributed by atoms with Crippen molar-refractivity contribution < 1.29 is 4.74 Å². The predicted octanol–water partition coefficient (Wildman–Crippen LogP) is 3.93. The van der Waals surface area contributed by atoms with Gasteiger partial charge in [0.1, 0.15) is 6.10 Å². The van der Waals surface area contributed by atoms with Crippen molar-refractivity contribution in [2.24, 2.45) is 5.92 Å². The molecule has 1 aliphatic rings. The van der Waals surface area contributed by atoms with E-state index in [1.165, 1.54) is 32.1 Å². The highest BCUT2D eigenvalue weighted by atomic mass is 16.5. The number of nitrogens with one attached hydrogen (secondary N) is 1. The van der Waals surface area contributed by atoms with Crippen molar-refractivity contribution in [2.75, 3.05) is 0 Å². The number of hydrogen-bond donors (Lipinski definition) is 1. The van der Waals surface area contributed by atoms with Crippen LogP contribution in [0.15, 0.2) is 18.2 Å². The van der Waals surface area contributed by atoms with Gasteiger partial charge in [0.25, 0.3) is 0 Å². The van der Waals surface area contributed by atoms with Crippen LogP contribution in [-0.4, -0.2) is 17.1 Å². The molecular weight excluding hydrogens is 248 g/mol. The van der Waals surface area contributed by atoms with E-state index in [1.807, 2.05) is 12.1 Å². The van der Waals surface area contributed by atoms with Gasteiger partial charge in [0, 0.05) is 18.7 Å². The SMILES string of the molecule is CCC1CCCCC1Oc1cccc(CNC(C)C)n1. The van der Waals surface area contributed by atoms with Gasteiger partial charge in [-0.3, -0.25) is 0 Å². The second-order valence-electron chi connectivity index (χ2n) is 6.11. The van der Waals surface area contributed by atoms with Gasteiger partial charge in [-0.25, -0.2) is 4.98 Å². The molecule has 1 aliphatic carbocycles. The average Bonchev–Trinajstić information content (AvgIpc) is 2.46. The average molecular weight is 276 g/mol. The Bertz CT molecular complexity index is 406. The lowest BCUT2D eigenvalue weighted by Gasteiger charge is -2.30. The minimum Gasteiger partial charge on any atom is -0.474 e. The van der Waals surface area contributed by atoms with Gasteiger partial charge in [-0.15, -0.1) is 0 Å². The largest absolute Gasteiger partial charge is 0.474 e. The first-order valence-corrected chi connectivity index (χ1v) is 8.05. The molecule has 0 spiro atoms. The Kier molecular flexibility index (Phi) is 5.84. The Hall–Kier alpha value is -1.09. The maximum atomic E-state index is 6.17. The van der Waals surface area contributed by atoms with E-state index in [0.717, 1.165) is 18.1 Å². The molecule has 1 N–H and O–H groups in total. The van der Waals surface area contributed by atoms with Crippen molar-refractivity contribution in [2.45, 2.75) is 71.6 Å². The maximum Gasteiger partial charge on any atom is 0.213 e. The molecule has 1 heterocycles. The zero-order chi connectivity index (χ0) is 14.4. The summed E-state index contributed by atoms with van der Waals surface area (Å²) >= 11 is 0. The second kappa shape index (κ2) is 7.63. The number of aromatic nitrogens is 1. The highest BCUT2D eigenvalue weighted by molar-refractivity contribution is 5.16. The van der Waals surface area contributed by atoms with Gasteiger partial charge in [-0.2, -0.15) is 0 Å². The molecule has 20 heavy (non-hydrogen) atoms. The van der Waals surface area contributed by atoms with Gasteiger partial charge in [-0.1, -0.05) is 33.3 Å². The standard InChI is InChI=1S/C17H28N2O/c1-4-14-8-5-6-10-16(14)20-17-11-7-9-15(19-17)12-18-13(2)3/h7,9,11,13-14,16,18H,4-6,8,10,12H2,1-3H3. The van der Waals surface area contributed by atoms with E-state index in [9.17, 15) is 0 Å². The summed E-state index contributed by atoms with van der Waals surface area (Å²) in [6.45, 7) is 7.36. The van der Waals surface area contributed by atoms with Crippen LogP contribution in [0.25, 0.3) is 0 Å². The summed E-state index contributed by atoms with van der Waals surface area (Å²) in [6.07, 6.45) is 6.68. The molecule has 2 rings (SSSR count). The zero-order valence-corrected chi connectivity index (χ0v) is 13.1. The fourth-order valence-electron chi connectivity index (χ4n) is 2.88. The van der Waals surface area contributed by atoms with Crippen LogP contribution in [0.5, 0.6) is 5.88 Å². The Morgan fingerprint density at radius 1 is 1.30 bits per heavy atom. The van der Waals surface area contributed by atoms with Crippen molar-refractivity contribution in [1.82, 2.24) is 10.3 Å². The van der Waals surface area contributed by atoms with Gasteiger partial charge < -0.3 is 10.1 Å². The van der Waals surface area contributed by atoms with Gasteiger partial charge in [0.15, 0.2) is 0 Å². The summed E-state index contributed by atoms with van der Waals surface area (Å²) in [4.78, 5) is 4.62. The topological polar surface area (TPSA) is 34.1 Å². The Morgan fingerprint density at radius 3 is 2.85 bits per heavy atom. The Balaban J connectivity index is 1.96. The van der Waals surface area contributed by atoms with Gasteiger partial charge in [0.2, 0.25) is 5.88 Å². The van der Waals surface area contributed by atoms with Gasteiger partial charge >= 0.3 is 0 Å². The quantitative estimate of drug-likeness (QED) is 0.855. The highest BCUT2D eigenvalue weighted by Gasteiger charge is 2.25. The van der Waals surface area contributed by atoms with Crippen LogP contribution in [0.3, 0.4) is 0 Å². The fourth-order valence-corrected chi connectivity index (χ4v) is 2.88. The molecule has 0 bridgehead atoms. The van der Waals surface area contributed by atoms with Crippen molar-refractivity contribution in [3.8, 4) is 5.88 Å². The number of pyridine rings is 1. The van der Waals surface area contributed by atoms with Gasteiger partial charge in [0.05, 0.1) is 5.69 Å². The van der Waals surface area contributed by atoms with E-state index in [4.69, 9.17) is 4.74 Å². The molecule has 0 saturated heterocycles. The van der Waals surface area contributed by atoms with E-state index in [-0.39, 0.29) is 0 Å². The molecule has 3 nitrogen and oxygen atoms in total. The summed E-state index contributed by atoms with van der Waals surface area (Å²) in [7, 11) is 0. The van der Waals surface area contributed by atoms with E-state index < -0.39 is 0 Å². The third-order valence-corrected chi connectivity index (χ3v) is 4.11. The first kappa shape index (κ1) is 15.3. The zero-order valence-electron chi connectivity index (χ0n) is 13.1. The van der Waals surface area contributed by atoms with Crippen LogP contribution in [0, 0.1) is 5.92 Å². The molecule has 3 heteroatoms. The summed E-state index contributed by atoms with van der Waals surface area (Å²) in [5, 5.41) is 3.39. The molecule has 1 saturated carbocycles. The van der Waals surface area contributed by atoms with Crippen LogP contribution in [0.1, 0.15) is 58.6 Å². The second-order valence-corrected chi connectivity index (χ2v) is 6.11. The van der Waals surface area contributed by atoms with Crippen LogP contribution in [0.2, 0.25) is 0 Å². The Labute approximate surface area is 123 Å². The summed E-state index contributed by atoms with van der Waals surface area (Å²) in [5.74, 6) is 1.49. The van der Waals surface area contributed by atoms with E-state index >= 15 is 0 Å². The van der Waals surface area contributed by atoms with Crippen molar-refractivity contribution in [3.63, 3.8) is 0 Å². The van der Waals surface area contributed by atoms with Crippen LogP contribution < -0.4 is 10.1 Å². The van der Waals surface area contributed by atoms with Crippen molar-refractivity contribution in [1.29, 1.82) is 0 Å². The third-order valence-electron chi connectivity index (χ3n) is 4.11. The smallest absolute Gasteiger partial charge is 0.213 e. The predicted molar refractivity (Wildman–Crippen MR) is 82.9 cm³/mol. The normalized spacial score (nSPS) is 23.0. The van der Waals surface area contributed by atoms with E-state index in [2.05, 4.69) is 37.1 Å². The first-order valence-electron chi connectivity index (χ1n) is 8.05. The Morgan fingerprint density at radius 2 is 2.10 bits per heavy atom. The number of rotatable bonds is 6. The van der Waals surface area contributed by atoms with Crippen LogP contribution in [-0.2, 0) is 6.54 Å². The number of hydrogen-bond acceptors (Lipinski definition) is 3. The van der Waals surface area contributed by atoms with Gasteiger partial charge in [-0.05, 0) is 37.7 Å². The summed E-state index contributed by atoms with van der Waals surface area (Å²) in [6, 6.07) is 6.56. The lowest BCUT2D eigenvalue weighted by Crippen LogP contribution is -2.30. The molecule has 2 unspecified atom stereocenters. The third kappa shape index (κ3) is 4.48. The number of nitrogens with zero attached hydrogens (tertiary/aromatic N) is 1. The molecule has 0 radical (unpaired) electrons. The minimum absolute atomic E-state index is 0.356. The molecule has 0 aromatic carbocycles. The first-order chi connectivity index (χ1) is 9.69. The lowest BCUT2D eigenvalue weighted by atomic mass is 9.85. The maximum absolute atomic E-state index is 6.17. The fraction of sp³-hybridized carbons (Fsp3) is 0.706. The van der Waals surface area contributed by atoms with Crippen molar-refractivity contribution >= 4 is 0 Å². The molecule has 1 aromatic rings. The van der Waals surface area contributed by atoms with Crippen LogP contribution >= 0.6 is 0 Å². The summed E-state index contributed by atoms with van der Waals surface area (Å²) in [5.41, 5.74) is 1.06. The molecule has 0 amide bonds. The molecule has 1 fully saturated rings. The minimum atomic E-state index is 0.356. The molecule has 1 aromatic heterocycles. The van der Waals surface area contributed by atoms with E-state index in [0.29, 0.717) is 18.1 Å². The molecule has 112 valence electrons.